The Morgan fingerprint density at radius 3 is 1.48 bits per heavy atom. The van der Waals surface area contributed by atoms with Gasteiger partial charge in [0, 0.05) is 0 Å². The molecule has 0 bridgehead atoms. The van der Waals surface area contributed by atoms with E-state index in [1.165, 1.54) is 20.8 Å². The number of hydrogen-bond acceptors (Lipinski definition) is 6. The first-order valence-electron chi connectivity index (χ1n) is 7.98. The van der Waals surface area contributed by atoms with E-state index in [-0.39, 0.29) is 0 Å². The molecule has 0 aliphatic carbocycles. The van der Waals surface area contributed by atoms with E-state index >= 15 is 0 Å². The van der Waals surface area contributed by atoms with E-state index in [0.29, 0.717) is 0 Å². The summed E-state index contributed by atoms with van der Waals surface area (Å²) in [7, 11) is 30.2. The molecule has 12 heteroatoms. The summed E-state index contributed by atoms with van der Waals surface area (Å²) < 4.78 is 14.7. The van der Waals surface area contributed by atoms with Crippen LogP contribution in [0.2, 0.25) is 10.4 Å². The van der Waals surface area contributed by atoms with Gasteiger partial charge in [0.1, 0.15) is 19.0 Å². The van der Waals surface area contributed by atoms with Crippen molar-refractivity contribution in [2.24, 2.45) is 0 Å². The van der Waals surface area contributed by atoms with Crippen molar-refractivity contribution in [3.63, 3.8) is 0 Å². The van der Waals surface area contributed by atoms with E-state index < -0.39 is 45.1 Å². The van der Waals surface area contributed by atoms with Gasteiger partial charge in [0.25, 0.3) is 5.97 Å². The molecular weight excluding hydrogens is 344 g/mol. The molecule has 0 spiro atoms. The highest BCUT2D eigenvalue weighted by molar-refractivity contribution is 6.64. The molecule has 10 radical (unpaired) electrons. The third-order valence-electron chi connectivity index (χ3n) is 3.28. The summed E-state index contributed by atoms with van der Waals surface area (Å²) in [6, 6.07) is 0. The zero-order valence-corrected chi connectivity index (χ0v) is 16.8. The lowest BCUT2D eigenvalue weighted by Crippen LogP contribution is -2.68. The fraction of sp³-hybridized carbons (Fsp3) is 0.800. The first-order chi connectivity index (χ1) is 11.7. The number of hydrogen-bond donors (Lipinski definition) is 1. The Kier molecular flexibility index (Phi) is 7.45. The lowest BCUT2D eigenvalue weighted by molar-refractivity contribution is -0.160. The van der Waals surface area contributed by atoms with Crippen molar-refractivity contribution in [1.29, 1.82) is 0 Å². The molecule has 0 saturated heterocycles. The maximum absolute atomic E-state index is 12.7. The number of alkyl carbamates (subject to hydrolysis) is 1. The second-order valence-corrected chi connectivity index (χ2v) is 8.17. The lowest BCUT2D eigenvalue weighted by atomic mass is 9.22. The van der Waals surface area contributed by atoms with Gasteiger partial charge in [-0.2, -0.15) is 0 Å². The highest BCUT2D eigenvalue weighted by Crippen LogP contribution is 2.50. The van der Waals surface area contributed by atoms with Crippen molar-refractivity contribution >= 4 is 57.3 Å². The van der Waals surface area contributed by atoms with Crippen LogP contribution < -0.4 is 5.32 Å². The van der Waals surface area contributed by atoms with Crippen molar-refractivity contribution in [3.8, 4) is 0 Å². The summed E-state index contributed by atoms with van der Waals surface area (Å²) in [4.78, 5) is 36.9. The molecule has 1 amide bonds. The molecule has 27 heavy (non-hydrogen) atoms. The molecule has 0 aromatic heterocycles. The Hall–Kier alpha value is -1.47. The van der Waals surface area contributed by atoms with Crippen LogP contribution in [0.1, 0.15) is 41.5 Å². The van der Waals surface area contributed by atoms with Gasteiger partial charge < -0.3 is 19.5 Å². The minimum Gasteiger partial charge on any atom is -0.470 e. The predicted molar refractivity (Wildman–Crippen MR) is 104 cm³/mol. The van der Waals surface area contributed by atoms with Crippen LogP contribution in [-0.4, -0.2) is 81.0 Å². The Morgan fingerprint density at radius 1 is 0.741 bits per heavy atom. The minimum absolute atomic E-state index is 0.949. The number of carbonyl (C=O) groups is 3. The van der Waals surface area contributed by atoms with Crippen LogP contribution in [0.4, 0.5) is 4.79 Å². The van der Waals surface area contributed by atoms with Gasteiger partial charge in [-0.25, -0.2) is 4.79 Å². The number of nitrogens with one attached hydrogen (secondary N) is 1. The number of carbonyl (C=O) groups excluding carboxylic acids is 3. The van der Waals surface area contributed by atoms with E-state index in [1.807, 2.05) is 5.32 Å². The van der Waals surface area contributed by atoms with E-state index in [4.69, 9.17) is 48.7 Å². The molecule has 0 aromatic carbocycles. The quantitative estimate of drug-likeness (QED) is 0.412. The zero-order chi connectivity index (χ0) is 22.1. The summed E-state index contributed by atoms with van der Waals surface area (Å²) >= 11 is 0. The summed E-state index contributed by atoms with van der Waals surface area (Å²) in [5, 5.41) is -3.43. The van der Waals surface area contributed by atoms with Crippen LogP contribution in [-0.2, 0) is 23.8 Å². The van der Waals surface area contributed by atoms with E-state index in [1.54, 1.807) is 20.8 Å². The normalized spacial score (nSPS) is 15.2. The van der Waals surface area contributed by atoms with Crippen molar-refractivity contribution in [1.82, 2.24) is 5.32 Å². The Balaban J connectivity index is 6.23. The maximum atomic E-state index is 12.7. The van der Waals surface area contributed by atoms with Crippen molar-refractivity contribution in [2.45, 2.75) is 68.6 Å². The second-order valence-electron chi connectivity index (χ2n) is 8.17. The molecule has 7 nitrogen and oxygen atoms in total. The maximum Gasteiger partial charge on any atom is 0.407 e. The average molecular weight is 366 g/mol. The molecule has 0 aliphatic rings. The molecule has 138 valence electrons. The van der Waals surface area contributed by atoms with Gasteiger partial charge >= 0.3 is 12.1 Å². The molecule has 0 saturated carbocycles. The van der Waals surface area contributed by atoms with Crippen molar-refractivity contribution in [3.05, 3.63) is 0 Å². The molecule has 0 aromatic rings. The molecule has 0 aliphatic heterocycles. The fourth-order valence-corrected chi connectivity index (χ4v) is 1.81. The lowest BCUT2D eigenvalue weighted by Gasteiger charge is -2.53. The smallest absolute Gasteiger partial charge is 0.407 e. The van der Waals surface area contributed by atoms with Gasteiger partial charge in [-0.05, 0) is 46.8 Å². The molecule has 0 rings (SSSR count). The van der Waals surface area contributed by atoms with Crippen LogP contribution in [0.15, 0.2) is 0 Å². The Morgan fingerprint density at radius 2 is 1.15 bits per heavy atom. The molecule has 1 atom stereocenters. The second kappa shape index (κ2) is 7.88. The fourth-order valence-electron chi connectivity index (χ4n) is 1.81. The highest BCUT2D eigenvalue weighted by Gasteiger charge is 2.58. The first kappa shape index (κ1) is 25.5. The summed E-state index contributed by atoms with van der Waals surface area (Å²) in [5.41, 5.74) is -4.76. The number of rotatable bonds is 5. The average Bonchev–Trinajstić information content (AvgIpc) is 2.41. The van der Waals surface area contributed by atoms with E-state index in [2.05, 4.69) is 4.74 Å². The summed E-state index contributed by atoms with van der Waals surface area (Å²) in [5.74, 6) is -2.58. The SMILES string of the molecule is [B]C([B])(C(=O)OC)C([B])([B])[C@]([B])(NC(=O)OC(C)(C)C)C(=O)OC(C)(C)C. The van der Waals surface area contributed by atoms with Crippen LogP contribution in [0, 0.1) is 0 Å². The third kappa shape index (κ3) is 6.01. The van der Waals surface area contributed by atoms with E-state index in [0.717, 1.165) is 7.11 Å². The van der Waals surface area contributed by atoms with Gasteiger partial charge in [-0.1, -0.05) is 5.21 Å². The standard InChI is InChI=1S/C15H22B5NO6/c1-11(2,3)26-9(23)14(18,21-10(24)27-12(4,5)6)15(19,20)13(16,17)8(22)25-7/h1-7H3,(H,21,24)/t14-/m1/s1. The van der Waals surface area contributed by atoms with Crippen LogP contribution >= 0.6 is 0 Å². The number of amides is 1. The Labute approximate surface area is 167 Å². The van der Waals surface area contributed by atoms with Crippen LogP contribution in [0.25, 0.3) is 0 Å². The minimum atomic E-state index is -2.76. The van der Waals surface area contributed by atoms with Gasteiger partial charge in [0.2, 0.25) is 0 Å². The monoisotopic (exact) mass is 367 g/mol. The molecule has 0 fully saturated rings. The summed E-state index contributed by atoms with van der Waals surface area (Å²) in [6.07, 6.45) is -1.17. The molecular formula is C15H22B5NO6. The molecule has 0 unspecified atom stereocenters. The predicted octanol–water partition coefficient (Wildman–Crippen LogP) is -0.203. The summed E-state index contributed by atoms with van der Waals surface area (Å²) in [6.45, 7) is 9.31. The van der Waals surface area contributed by atoms with Gasteiger partial charge in [0.15, 0.2) is 0 Å². The largest absolute Gasteiger partial charge is 0.470 e. The Bertz CT molecular complexity index is 596. The van der Waals surface area contributed by atoms with Gasteiger partial charge in [-0.15, -0.1) is 0 Å². The van der Waals surface area contributed by atoms with Gasteiger partial charge in [0.05, 0.1) is 43.9 Å². The van der Waals surface area contributed by atoms with E-state index in [9.17, 15) is 14.4 Å². The molecule has 0 heterocycles. The highest BCUT2D eigenvalue weighted by atomic mass is 16.6. The first-order valence-corrected chi connectivity index (χ1v) is 7.98. The number of ether oxygens (including phenoxy) is 3. The zero-order valence-electron chi connectivity index (χ0n) is 16.8. The van der Waals surface area contributed by atoms with Crippen molar-refractivity contribution in [2.75, 3.05) is 7.11 Å². The number of methoxy groups -OCH3 is 1. The topological polar surface area (TPSA) is 90.9 Å². The van der Waals surface area contributed by atoms with Gasteiger partial charge in [-0.3, -0.25) is 9.59 Å². The molecule has 1 N–H and O–H groups in total. The van der Waals surface area contributed by atoms with Crippen molar-refractivity contribution < 1.29 is 28.6 Å². The number of esters is 2. The van der Waals surface area contributed by atoms with Crippen LogP contribution in [0.3, 0.4) is 0 Å². The third-order valence-corrected chi connectivity index (χ3v) is 3.28. The van der Waals surface area contributed by atoms with Crippen LogP contribution in [0.5, 0.6) is 0 Å².